The van der Waals surface area contributed by atoms with Gasteiger partial charge in [0.15, 0.2) is 0 Å². The highest BCUT2D eigenvalue weighted by Gasteiger charge is 2.28. The van der Waals surface area contributed by atoms with Crippen LogP contribution in [0.1, 0.15) is 60.4 Å². The second-order valence-corrected chi connectivity index (χ2v) is 6.00. The first-order chi connectivity index (χ1) is 9.01. The van der Waals surface area contributed by atoms with Crippen molar-refractivity contribution in [2.24, 2.45) is 5.73 Å². The second-order valence-electron chi connectivity index (χ2n) is 4.92. The van der Waals surface area contributed by atoms with Crippen LogP contribution in [0.2, 0.25) is 0 Å². The molecule has 1 rings (SSSR count). The van der Waals surface area contributed by atoms with Crippen molar-refractivity contribution in [3.63, 3.8) is 0 Å². The molecule has 1 aromatic rings. The first-order valence-electron chi connectivity index (χ1n) is 7.00. The second kappa shape index (κ2) is 7.01. The number of carbonyl (C=O) groups excluding carboxylic acids is 1. The van der Waals surface area contributed by atoms with Gasteiger partial charge in [-0.1, -0.05) is 20.8 Å². The lowest BCUT2D eigenvalue weighted by atomic mass is 9.93. The van der Waals surface area contributed by atoms with Crippen LogP contribution in [0, 0.1) is 6.92 Å². The van der Waals surface area contributed by atoms with Crippen molar-refractivity contribution in [2.75, 3.05) is 6.54 Å². The van der Waals surface area contributed by atoms with Crippen LogP contribution in [0.25, 0.3) is 0 Å². The molecule has 19 heavy (non-hydrogen) atoms. The zero-order valence-electron chi connectivity index (χ0n) is 12.4. The standard InChI is InChI=1S/C14H25N3OS/c1-5-8-11-16-10(4)12(19-11)13(18)17-14(6-2,7-3)9-15/h5-9,15H2,1-4H3,(H,17,18). The summed E-state index contributed by atoms with van der Waals surface area (Å²) in [6.45, 7) is 8.58. The van der Waals surface area contributed by atoms with Crippen molar-refractivity contribution < 1.29 is 4.79 Å². The molecule has 1 aromatic heterocycles. The molecule has 0 radical (unpaired) electrons. The highest BCUT2D eigenvalue weighted by Crippen LogP contribution is 2.21. The predicted molar refractivity (Wildman–Crippen MR) is 80.7 cm³/mol. The monoisotopic (exact) mass is 283 g/mol. The zero-order valence-corrected chi connectivity index (χ0v) is 13.2. The summed E-state index contributed by atoms with van der Waals surface area (Å²) in [6.07, 6.45) is 3.66. The molecule has 0 atom stereocenters. The van der Waals surface area contributed by atoms with Gasteiger partial charge in [0.05, 0.1) is 16.2 Å². The first-order valence-corrected chi connectivity index (χ1v) is 7.82. The third kappa shape index (κ3) is 3.76. The third-order valence-electron chi connectivity index (χ3n) is 3.63. The Morgan fingerprint density at radius 1 is 1.37 bits per heavy atom. The van der Waals surface area contributed by atoms with Gasteiger partial charge in [0.25, 0.3) is 5.91 Å². The molecule has 108 valence electrons. The van der Waals surface area contributed by atoms with E-state index in [9.17, 15) is 4.79 Å². The topological polar surface area (TPSA) is 68.0 Å². The van der Waals surface area contributed by atoms with Gasteiger partial charge in [-0.2, -0.15) is 0 Å². The Morgan fingerprint density at radius 3 is 2.47 bits per heavy atom. The first kappa shape index (κ1) is 16.1. The predicted octanol–water partition coefficient (Wildman–Crippen LogP) is 2.65. The van der Waals surface area contributed by atoms with Gasteiger partial charge in [-0.15, -0.1) is 11.3 Å². The van der Waals surface area contributed by atoms with Gasteiger partial charge in [0.1, 0.15) is 4.88 Å². The average Bonchev–Trinajstić information content (AvgIpc) is 2.77. The van der Waals surface area contributed by atoms with Crippen LogP contribution < -0.4 is 11.1 Å². The molecule has 0 saturated carbocycles. The quantitative estimate of drug-likeness (QED) is 0.808. The van der Waals surface area contributed by atoms with Gasteiger partial charge in [0, 0.05) is 6.54 Å². The summed E-state index contributed by atoms with van der Waals surface area (Å²) in [5.74, 6) is -0.0356. The molecule has 0 fully saturated rings. The van der Waals surface area contributed by atoms with E-state index in [-0.39, 0.29) is 11.4 Å². The number of hydrogen-bond donors (Lipinski definition) is 2. The van der Waals surface area contributed by atoms with E-state index in [1.54, 1.807) is 0 Å². The van der Waals surface area contributed by atoms with Crippen molar-refractivity contribution in [3.05, 3.63) is 15.6 Å². The number of aromatic nitrogens is 1. The molecule has 3 N–H and O–H groups in total. The van der Waals surface area contributed by atoms with Crippen molar-refractivity contribution in [3.8, 4) is 0 Å². The molecule has 4 nitrogen and oxygen atoms in total. The van der Waals surface area contributed by atoms with Gasteiger partial charge < -0.3 is 11.1 Å². The van der Waals surface area contributed by atoms with Gasteiger partial charge in [-0.25, -0.2) is 4.98 Å². The SMILES string of the molecule is CCCc1nc(C)c(C(=O)NC(CC)(CC)CN)s1. The fourth-order valence-corrected chi connectivity index (χ4v) is 3.11. The number of nitrogens with zero attached hydrogens (tertiary/aromatic N) is 1. The number of nitrogens with one attached hydrogen (secondary N) is 1. The molecule has 0 spiro atoms. The minimum absolute atomic E-state index is 0.0356. The number of rotatable bonds is 7. The van der Waals surface area contributed by atoms with Crippen molar-refractivity contribution >= 4 is 17.2 Å². The number of hydrogen-bond acceptors (Lipinski definition) is 4. The van der Waals surface area contributed by atoms with Crippen LogP contribution in [0.15, 0.2) is 0 Å². The van der Waals surface area contributed by atoms with Crippen LogP contribution in [-0.4, -0.2) is 23.0 Å². The highest BCUT2D eigenvalue weighted by atomic mass is 32.1. The van der Waals surface area contributed by atoms with E-state index in [2.05, 4.69) is 31.1 Å². The Labute approximate surface area is 119 Å². The molecule has 0 bridgehead atoms. The molecule has 0 saturated heterocycles. The maximum absolute atomic E-state index is 12.4. The molecule has 0 aliphatic carbocycles. The minimum atomic E-state index is -0.293. The lowest BCUT2D eigenvalue weighted by Gasteiger charge is -2.31. The fourth-order valence-electron chi connectivity index (χ4n) is 2.05. The maximum atomic E-state index is 12.4. The Bertz CT molecular complexity index is 416. The van der Waals surface area contributed by atoms with Gasteiger partial charge in [0.2, 0.25) is 0 Å². The van der Waals surface area contributed by atoms with E-state index in [4.69, 9.17) is 5.73 Å². The highest BCUT2D eigenvalue weighted by molar-refractivity contribution is 7.13. The summed E-state index contributed by atoms with van der Waals surface area (Å²) >= 11 is 1.50. The average molecular weight is 283 g/mol. The van der Waals surface area contributed by atoms with Crippen LogP contribution in [0.3, 0.4) is 0 Å². The Hall–Kier alpha value is -0.940. The molecule has 1 amide bonds. The third-order valence-corrected chi connectivity index (χ3v) is 4.85. The lowest BCUT2D eigenvalue weighted by Crippen LogP contribution is -2.52. The van der Waals surface area contributed by atoms with Gasteiger partial charge >= 0.3 is 0 Å². The Balaban J connectivity index is 2.88. The van der Waals surface area contributed by atoms with Crippen LogP contribution in [0.4, 0.5) is 0 Å². The van der Waals surface area contributed by atoms with E-state index in [0.717, 1.165) is 41.3 Å². The summed E-state index contributed by atoms with van der Waals surface area (Å²) in [7, 11) is 0. The molecule has 0 aliphatic rings. The van der Waals surface area contributed by atoms with E-state index in [1.807, 2.05) is 6.92 Å². The molecule has 0 aromatic carbocycles. The van der Waals surface area contributed by atoms with Crippen molar-refractivity contribution in [1.29, 1.82) is 0 Å². The summed E-state index contributed by atoms with van der Waals surface area (Å²) < 4.78 is 0. The Kier molecular flexibility index (Phi) is 5.94. The molecular formula is C14H25N3OS. The summed E-state index contributed by atoms with van der Waals surface area (Å²) in [4.78, 5) is 17.6. The van der Waals surface area contributed by atoms with Crippen LogP contribution >= 0.6 is 11.3 Å². The number of carbonyl (C=O) groups is 1. The van der Waals surface area contributed by atoms with E-state index in [0.29, 0.717) is 6.54 Å². The largest absolute Gasteiger partial charge is 0.345 e. The number of thiazole rings is 1. The molecule has 0 aliphatic heterocycles. The smallest absolute Gasteiger partial charge is 0.263 e. The molecule has 1 heterocycles. The van der Waals surface area contributed by atoms with E-state index in [1.165, 1.54) is 11.3 Å². The van der Waals surface area contributed by atoms with Crippen LogP contribution in [-0.2, 0) is 6.42 Å². The molecule has 5 heteroatoms. The summed E-state index contributed by atoms with van der Waals surface area (Å²) in [5, 5.41) is 4.14. The maximum Gasteiger partial charge on any atom is 0.263 e. The minimum Gasteiger partial charge on any atom is -0.345 e. The molecular weight excluding hydrogens is 258 g/mol. The molecule has 0 unspecified atom stereocenters. The van der Waals surface area contributed by atoms with E-state index < -0.39 is 0 Å². The van der Waals surface area contributed by atoms with Crippen molar-refractivity contribution in [2.45, 2.75) is 58.9 Å². The van der Waals surface area contributed by atoms with Crippen molar-refractivity contribution in [1.82, 2.24) is 10.3 Å². The number of aryl methyl sites for hydroxylation is 2. The van der Waals surface area contributed by atoms with Gasteiger partial charge in [-0.3, -0.25) is 4.79 Å². The van der Waals surface area contributed by atoms with E-state index >= 15 is 0 Å². The summed E-state index contributed by atoms with van der Waals surface area (Å²) in [5.41, 5.74) is 6.35. The normalized spacial score (nSPS) is 11.6. The lowest BCUT2D eigenvalue weighted by molar-refractivity contribution is 0.0898. The fraction of sp³-hybridized carbons (Fsp3) is 0.714. The number of amides is 1. The summed E-state index contributed by atoms with van der Waals surface area (Å²) in [6, 6.07) is 0. The zero-order chi connectivity index (χ0) is 14.5. The van der Waals surface area contributed by atoms with Gasteiger partial charge in [-0.05, 0) is 32.6 Å². The Morgan fingerprint density at radius 2 is 2.00 bits per heavy atom. The van der Waals surface area contributed by atoms with Crippen LogP contribution in [0.5, 0.6) is 0 Å². The number of nitrogens with two attached hydrogens (primary N) is 1.